The zero-order valence-electron chi connectivity index (χ0n) is 20.1. The maximum Gasteiger partial charge on any atom is 0.340 e. The molecule has 0 heterocycles. The van der Waals surface area contributed by atoms with Crippen LogP contribution in [0.4, 0.5) is 10.5 Å². The Bertz CT molecular complexity index is 1270. The number of benzene rings is 3. The molecule has 0 atom stereocenters. The lowest BCUT2D eigenvalue weighted by atomic mass is 10.1. The average Bonchev–Trinajstić information content (AvgIpc) is 2.78. The van der Waals surface area contributed by atoms with E-state index in [4.69, 9.17) is 20.5 Å². The number of para-hydroxylation sites is 2. The number of anilines is 1. The second-order valence-corrected chi connectivity index (χ2v) is 10.4. The van der Waals surface area contributed by atoms with Gasteiger partial charge in [-0.15, -0.1) is 0 Å². The Hall–Kier alpha value is -3.23. The van der Waals surface area contributed by atoms with Crippen molar-refractivity contribution >= 4 is 33.4 Å². The molecule has 0 spiro atoms. The molecule has 0 aliphatic carbocycles. The third-order valence-electron chi connectivity index (χ3n) is 5.11. The number of aryl methyl sites for hydroxylation is 1. The van der Waals surface area contributed by atoms with Gasteiger partial charge in [-0.25, -0.2) is 4.79 Å². The van der Waals surface area contributed by atoms with Gasteiger partial charge in [-0.1, -0.05) is 61.8 Å². The summed E-state index contributed by atoms with van der Waals surface area (Å²) in [6, 6.07) is 18.4. The Morgan fingerprint density at radius 1 is 1.06 bits per heavy atom. The van der Waals surface area contributed by atoms with Crippen LogP contribution in [0.5, 0.6) is 11.5 Å². The van der Waals surface area contributed by atoms with Crippen molar-refractivity contribution < 1.29 is 22.1 Å². The number of hydrogen-bond donors (Lipinski definition) is 1. The quantitative estimate of drug-likeness (QED) is 0.346. The highest BCUT2D eigenvalue weighted by Crippen LogP contribution is 2.29. The second kappa shape index (κ2) is 11.5. The number of carbonyl (C=O) groups is 1. The summed E-state index contributed by atoms with van der Waals surface area (Å²) >= 11 is 6.13. The van der Waals surface area contributed by atoms with Crippen LogP contribution in [0.15, 0.2) is 71.6 Å². The lowest BCUT2D eigenvalue weighted by Gasteiger charge is -2.25. The number of urea groups is 1. The van der Waals surface area contributed by atoms with E-state index in [2.05, 4.69) is 5.32 Å². The van der Waals surface area contributed by atoms with Crippen LogP contribution in [0.25, 0.3) is 0 Å². The summed E-state index contributed by atoms with van der Waals surface area (Å²) in [7, 11) is -2.60. The Morgan fingerprint density at radius 3 is 2.46 bits per heavy atom. The monoisotopic (exact) mass is 516 g/mol. The predicted molar refractivity (Wildman–Crippen MR) is 138 cm³/mol. The normalized spacial score (nSPS) is 11.3. The third-order valence-corrected chi connectivity index (χ3v) is 6.99. The molecule has 9 heteroatoms. The summed E-state index contributed by atoms with van der Waals surface area (Å²) in [5.41, 5.74) is 1.77. The number of rotatable bonds is 9. The molecule has 0 radical (unpaired) electrons. The highest BCUT2D eigenvalue weighted by Gasteiger charge is 2.23. The number of nitrogens with one attached hydrogen (secondary N) is 1. The molecule has 2 amide bonds. The van der Waals surface area contributed by atoms with E-state index in [0.29, 0.717) is 29.1 Å². The molecule has 7 nitrogen and oxygen atoms in total. The number of nitrogens with zero attached hydrogens (tertiary/aromatic N) is 1. The number of ether oxygens (including phenoxy) is 1. The molecule has 0 aliphatic heterocycles. The number of methoxy groups -OCH3 is 1. The van der Waals surface area contributed by atoms with Gasteiger partial charge in [0, 0.05) is 13.1 Å². The van der Waals surface area contributed by atoms with Crippen LogP contribution in [0.3, 0.4) is 0 Å². The van der Waals surface area contributed by atoms with Crippen molar-refractivity contribution in [2.45, 2.75) is 32.2 Å². The molecule has 0 bridgehead atoms. The molecule has 186 valence electrons. The van der Waals surface area contributed by atoms with Gasteiger partial charge in [-0.3, -0.25) is 0 Å². The van der Waals surface area contributed by atoms with E-state index in [-0.39, 0.29) is 34.2 Å². The van der Waals surface area contributed by atoms with E-state index < -0.39 is 10.1 Å². The lowest BCUT2D eigenvalue weighted by Crippen LogP contribution is -2.37. The second-order valence-electron chi connectivity index (χ2n) is 8.48. The average molecular weight is 517 g/mol. The summed E-state index contributed by atoms with van der Waals surface area (Å²) in [4.78, 5) is 14.7. The number of amides is 2. The molecular formula is C26H29ClN2O5S. The third kappa shape index (κ3) is 6.90. The van der Waals surface area contributed by atoms with Crippen LogP contribution in [0, 0.1) is 12.8 Å². The molecular weight excluding hydrogens is 488 g/mol. The molecule has 0 aromatic heterocycles. The van der Waals surface area contributed by atoms with Gasteiger partial charge in [0.1, 0.15) is 16.4 Å². The first-order valence-corrected chi connectivity index (χ1v) is 12.9. The van der Waals surface area contributed by atoms with Crippen molar-refractivity contribution in [1.82, 2.24) is 4.90 Å². The van der Waals surface area contributed by atoms with Crippen LogP contribution < -0.4 is 14.2 Å². The molecule has 35 heavy (non-hydrogen) atoms. The number of halogens is 1. The van der Waals surface area contributed by atoms with Gasteiger partial charge in [-0.05, 0) is 54.3 Å². The van der Waals surface area contributed by atoms with Crippen molar-refractivity contribution in [3.05, 3.63) is 82.9 Å². The fraction of sp³-hybridized carbons (Fsp3) is 0.269. The standard InChI is InChI=1S/C26H29ClN2O5S/c1-18(2)16-29(26(30)28-23-13-5-6-14-24(23)33-4)17-20-10-8-11-21(15-20)34-35(31,32)25-19(3)9-7-12-22(25)27/h5-15,18H,16-17H2,1-4H3,(H,28,30). The van der Waals surface area contributed by atoms with Gasteiger partial charge in [0.15, 0.2) is 0 Å². The molecule has 0 aliphatic rings. The van der Waals surface area contributed by atoms with Crippen molar-refractivity contribution in [3.63, 3.8) is 0 Å². The molecule has 0 fully saturated rings. The van der Waals surface area contributed by atoms with E-state index >= 15 is 0 Å². The minimum absolute atomic E-state index is 0.0651. The molecule has 0 saturated heterocycles. The van der Waals surface area contributed by atoms with E-state index in [1.165, 1.54) is 6.07 Å². The van der Waals surface area contributed by atoms with E-state index in [1.807, 2.05) is 32.0 Å². The van der Waals surface area contributed by atoms with Crippen molar-refractivity contribution in [3.8, 4) is 11.5 Å². The summed E-state index contributed by atoms with van der Waals surface area (Å²) in [5.74, 6) is 0.902. The van der Waals surface area contributed by atoms with Gasteiger partial charge in [0.25, 0.3) is 0 Å². The SMILES string of the molecule is COc1ccccc1NC(=O)N(Cc1cccc(OS(=O)(=O)c2c(C)cccc2Cl)c1)CC(C)C. The minimum Gasteiger partial charge on any atom is -0.495 e. The van der Waals surface area contributed by atoms with Crippen molar-refractivity contribution in [1.29, 1.82) is 0 Å². The van der Waals surface area contributed by atoms with Gasteiger partial charge < -0.3 is 19.1 Å². The van der Waals surface area contributed by atoms with Gasteiger partial charge in [0.2, 0.25) is 0 Å². The van der Waals surface area contributed by atoms with E-state index in [1.54, 1.807) is 61.4 Å². The molecule has 3 aromatic carbocycles. The fourth-order valence-corrected chi connectivity index (χ4v) is 5.33. The van der Waals surface area contributed by atoms with Crippen LogP contribution in [-0.2, 0) is 16.7 Å². The van der Waals surface area contributed by atoms with Crippen LogP contribution in [0.1, 0.15) is 25.0 Å². The largest absolute Gasteiger partial charge is 0.495 e. The summed E-state index contributed by atoms with van der Waals surface area (Å²) in [5, 5.41) is 2.99. The van der Waals surface area contributed by atoms with Crippen molar-refractivity contribution in [2.75, 3.05) is 19.0 Å². The maximum atomic E-state index is 13.1. The topological polar surface area (TPSA) is 84.9 Å². The van der Waals surface area contributed by atoms with Gasteiger partial charge in [0.05, 0.1) is 17.8 Å². The Morgan fingerprint density at radius 2 is 1.77 bits per heavy atom. The van der Waals surface area contributed by atoms with Crippen LogP contribution >= 0.6 is 11.6 Å². The molecule has 3 aromatic rings. The zero-order chi connectivity index (χ0) is 25.6. The predicted octanol–water partition coefficient (Wildman–Crippen LogP) is 6.11. The molecule has 0 saturated carbocycles. The summed E-state index contributed by atoms with van der Waals surface area (Å²) in [6.45, 7) is 6.43. The highest BCUT2D eigenvalue weighted by molar-refractivity contribution is 7.87. The first kappa shape index (κ1) is 26.4. The summed E-state index contributed by atoms with van der Waals surface area (Å²) in [6.07, 6.45) is 0. The van der Waals surface area contributed by atoms with Crippen LogP contribution in [-0.4, -0.2) is 33.0 Å². The zero-order valence-corrected chi connectivity index (χ0v) is 21.7. The minimum atomic E-state index is -4.14. The van der Waals surface area contributed by atoms with E-state index in [0.717, 1.165) is 0 Å². The fourth-order valence-electron chi connectivity index (χ4n) is 3.62. The first-order valence-electron chi connectivity index (χ1n) is 11.1. The first-order chi connectivity index (χ1) is 16.6. The number of carbonyl (C=O) groups excluding carboxylic acids is 1. The van der Waals surface area contributed by atoms with E-state index in [9.17, 15) is 13.2 Å². The summed E-state index contributed by atoms with van der Waals surface area (Å²) < 4.78 is 36.5. The molecule has 3 rings (SSSR count). The Kier molecular flexibility index (Phi) is 8.64. The number of hydrogen-bond acceptors (Lipinski definition) is 5. The molecule has 0 unspecified atom stereocenters. The highest BCUT2D eigenvalue weighted by atomic mass is 35.5. The smallest absolute Gasteiger partial charge is 0.340 e. The maximum absolute atomic E-state index is 13.1. The lowest BCUT2D eigenvalue weighted by molar-refractivity contribution is 0.201. The van der Waals surface area contributed by atoms with Crippen LogP contribution in [0.2, 0.25) is 5.02 Å². The Labute approximate surface area is 211 Å². The Balaban J connectivity index is 1.81. The van der Waals surface area contributed by atoms with Crippen molar-refractivity contribution in [2.24, 2.45) is 5.92 Å². The van der Waals surface area contributed by atoms with Gasteiger partial charge >= 0.3 is 16.1 Å². The molecule has 1 N–H and O–H groups in total. The van der Waals surface area contributed by atoms with Gasteiger partial charge in [-0.2, -0.15) is 8.42 Å².